The second kappa shape index (κ2) is 4.25. The number of ether oxygens (including phenoxy) is 1. The van der Waals surface area contributed by atoms with Gasteiger partial charge in [0.25, 0.3) is 15.9 Å². The van der Waals surface area contributed by atoms with Crippen LogP contribution >= 0.6 is 11.6 Å². The number of carbonyl (C=O) groups is 2. The highest BCUT2D eigenvalue weighted by molar-refractivity contribution is 7.90. The van der Waals surface area contributed by atoms with Crippen molar-refractivity contribution in [2.75, 3.05) is 7.11 Å². The minimum Gasteiger partial charge on any atom is -0.467 e. The molecule has 0 N–H and O–H groups in total. The van der Waals surface area contributed by atoms with Gasteiger partial charge in [-0.2, -0.15) is 0 Å². The summed E-state index contributed by atoms with van der Waals surface area (Å²) in [7, 11) is -3.05. The third-order valence-electron chi connectivity index (χ3n) is 2.46. The first-order chi connectivity index (χ1) is 8.41. The number of alkyl halides is 1. The van der Waals surface area contributed by atoms with E-state index in [0.717, 1.165) is 7.11 Å². The molecule has 1 aliphatic heterocycles. The molecule has 1 aliphatic rings. The molecule has 0 spiro atoms. The molecule has 0 fully saturated rings. The average Bonchev–Trinajstić information content (AvgIpc) is 2.56. The van der Waals surface area contributed by atoms with Crippen LogP contribution in [0.1, 0.15) is 10.4 Å². The lowest BCUT2D eigenvalue weighted by Crippen LogP contribution is -2.41. The number of nitrogens with zero attached hydrogens (tertiary/aromatic N) is 1. The highest BCUT2D eigenvalue weighted by Gasteiger charge is 2.47. The predicted molar refractivity (Wildman–Crippen MR) is 61.5 cm³/mol. The summed E-state index contributed by atoms with van der Waals surface area (Å²) < 4.78 is 28.8. The Morgan fingerprint density at radius 2 is 2.00 bits per heavy atom. The fourth-order valence-corrected chi connectivity index (χ4v) is 3.65. The van der Waals surface area contributed by atoms with Gasteiger partial charge in [-0.05, 0) is 12.1 Å². The topological polar surface area (TPSA) is 80.8 Å². The molecule has 1 unspecified atom stereocenters. The molecule has 8 heteroatoms. The molecule has 0 bridgehead atoms. The largest absolute Gasteiger partial charge is 0.467 e. The fourth-order valence-electron chi connectivity index (χ4n) is 1.62. The van der Waals surface area contributed by atoms with Crippen LogP contribution in [0, 0.1) is 0 Å². The van der Waals surface area contributed by atoms with Crippen molar-refractivity contribution in [1.29, 1.82) is 0 Å². The molecule has 1 atom stereocenters. The van der Waals surface area contributed by atoms with Crippen LogP contribution in [0.2, 0.25) is 0 Å². The van der Waals surface area contributed by atoms with Crippen LogP contribution in [0.25, 0.3) is 0 Å². The number of esters is 1. The van der Waals surface area contributed by atoms with E-state index in [0.29, 0.717) is 4.31 Å². The number of methoxy groups -OCH3 is 1. The van der Waals surface area contributed by atoms with Gasteiger partial charge in [0.2, 0.25) is 5.50 Å². The van der Waals surface area contributed by atoms with Crippen LogP contribution < -0.4 is 0 Å². The van der Waals surface area contributed by atoms with Gasteiger partial charge in [0.1, 0.15) is 4.90 Å². The van der Waals surface area contributed by atoms with Crippen LogP contribution in [0.3, 0.4) is 0 Å². The summed E-state index contributed by atoms with van der Waals surface area (Å²) in [5, 5.41) is 0. The number of hydrogen-bond acceptors (Lipinski definition) is 5. The first-order valence-corrected chi connectivity index (χ1v) is 6.68. The SMILES string of the molecule is COC(=O)C(Cl)N1C(=O)c2ccccc2S1(=O)=O. The summed E-state index contributed by atoms with van der Waals surface area (Å²) >= 11 is 5.66. The van der Waals surface area contributed by atoms with Gasteiger partial charge in [0.15, 0.2) is 0 Å². The maximum absolute atomic E-state index is 12.1. The third-order valence-corrected chi connectivity index (χ3v) is 4.75. The molecule has 1 aromatic rings. The molecule has 0 radical (unpaired) electrons. The first-order valence-electron chi connectivity index (χ1n) is 4.81. The average molecular weight is 290 g/mol. The van der Waals surface area contributed by atoms with E-state index >= 15 is 0 Å². The normalized spacial score (nSPS) is 18.3. The molecule has 0 aliphatic carbocycles. The number of amides is 1. The minimum atomic E-state index is -4.10. The zero-order valence-corrected chi connectivity index (χ0v) is 10.7. The van der Waals surface area contributed by atoms with Crippen LogP contribution in [0.5, 0.6) is 0 Å². The molecule has 0 saturated carbocycles. The van der Waals surface area contributed by atoms with E-state index in [-0.39, 0.29) is 10.5 Å². The van der Waals surface area contributed by atoms with Crippen molar-refractivity contribution in [3.05, 3.63) is 29.8 Å². The Kier molecular flexibility index (Phi) is 3.04. The van der Waals surface area contributed by atoms with Gasteiger partial charge in [-0.15, -0.1) is 0 Å². The van der Waals surface area contributed by atoms with Crippen LogP contribution in [-0.4, -0.2) is 37.2 Å². The van der Waals surface area contributed by atoms with Gasteiger partial charge in [-0.3, -0.25) is 4.79 Å². The summed E-state index contributed by atoms with van der Waals surface area (Å²) in [6.07, 6.45) is 0. The molecule has 1 heterocycles. The molecule has 1 aromatic carbocycles. The smallest absolute Gasteiger partial charge is 0.345 e. The van der Waals surface area contributed by atoms with Crippen molar-refractivity contribution in [1.82, 2.24) is 4.31 Å². The van der Waals surface area contributed by atoms with Crippen molar-refractivity contribution >= 4 is 33.5 Å². The van der Waals surface area contributed by atoms with Crippen molar-refractivity contribution in [3.63, 3.8) is 0 Å². The Balaban J connectivity index is 2.55. The number of fused-ring (bicyclic) bond motifs is 1. The minimum absolute atomic E-state index is 0.00736. The molecule has 0 aromatic heterocycles. The fraction of sp³-hybridized carbons (Fsp3) is 0.200. The van der Waals surface area contributed by atoms with Crippen LogP contribution in [0.15, 0.2) is 29.2 Å². The summed E-state index contributed by atoms with van der Waals surface area (Å²) in [6.45, 7) is 0. The molecule has 1 amide bonds. The van der Waals surface area contributed by atoms with E-state index in [1.54, 1.807) is 0 Å². The molecule has 96 valence electrons. The zero-order valence-electron chi connectivity index (χ0n) is 9.16. The Morgan fingerprint density at radius 1 is 1.39 bits per heavy atom. The Labute approximate surface area is 108 Å². The Hall–Kier alpha value is -1.60. The van der Waals surface area contributed by atoms with E-state index in [1.807, 2.05) is 0 Å². The maximum Gasteiger partial charge on any atom is 0.345 e. The highest BCUT2D eigenvalue weighted by Crippen LogP contribution is 2.32. The van der Waals surface area contributed by atoms with Gasteiger partial charge < -0.3 is 4.74 Å². The second-order valence-electron chi connectivity index (χ2n) is 3.46. The predicted octanol–water partition coefficient (Wildman–Crippen LogP) is 0.569. The summed E-state index contributed by atoms with van der Waals surface area (Å²) in [5.41, 5.74) is -1.72. The monoisotopic (exact) mass is 289 g/mol. The summed E-state index contributed by atoms with van der Waals surface area (Å²) in [6, 6.07) is 5.64. The van der Waals surface area contributed by atoms with Gasteiger partial charge in [-0.25, -0.2) is 17.5 Å². The number of carbonyl (C=O) groups excluding carboxylic acids is 2. The Morgan fingerprint density at radius 3 is 2.56 bits per heavy atom. The number of hydrogen-bond donors (Lipinski definition) is 0. The molecule has 18 heavy (non-hydrogen) atoms. The van der Waals surface area contributed by atoms with Crippen molar-refractivity contribution in [3.8, 4) is 0 Å². The lowest BCUT2D eigenvalue weighted by molar-refractivity contribution is -0.141. The van der Waals surface area contributed by atoms with E-state index < -0.39 is 27.4 Å². The lowest BCUT2D eigenvalue weighted by atomic mass is 10.2. The van der Waals surface area contributed by atoms with Gasteiger partial charge >= 0.3 is 5.97 Å². The second-order valence-corrected chi connectivity index (χ2v) is 5.66. The lowest BCUT2D eigenvalue weighted by Gasteiger charge is -2.18. The summed E-state index contributed by atoms with van der Waals surface area (Å²) in [5.74, 6) is -1.85. The van der Waals surface area contributed by atoms with Gasteiger partial charge in [0.05, 0.1) is 12.7 Å². The zero-order chi connectivity index (χ0) is 13.5. The van der Waals surface area contributed by atoms with E-state index in [2.05, 4.69) is 4.74 Å². The van der Waals surface area contributed by atoms with E-state index in [9.17, 15) is 18.0 Å². The standard InChI is InChI=1S/C10H8ClNO5S/c1-17-10(14)8(11)12-9(13)6-4-2-3-5-7(6)18(12,15)16/h2-5,8H,1H3. The molecule has 2 rings (SSSR count). The molecule has 0 saturated heterocycles. The van der Waals surface area contributed by atoms with Gasteiger partial charge in [0, 0.05) is 0 Å². The molecule has 6 nitrogen and oxygen atoms in total. The number of halogens is 1. The van der Waals surface area contributed by atoms with Crippen molar-refractivity contribution < 1.29 is 22.7 Å². The first kappa shape index (κ1) is 12.8. The third kappa shape index (κ3) is 1.67. The maximum atomic E-state index is 12.1. The highest BCUT2D eigenvalue weighted by atomic mass is 35.5. The molecular formula is C10H8ClNO5S. The number of rotatable bonds is 2. The molecular weight excluding hydrogens is 282 g/mol. The van der Waals surface area contributed by atoms with Gasteiger partial charge in [-0.1, -0.05) is 23.7 Å². The van der Waals surface area contributed by atoms with E-state index in [4.69, 9.17) is 11.6 Å². The number of sulfonamides is 1. The summed E-state index contributed by atoms with van der Waals surface area (Å²) in [4.78, 5) is 23.0. The van der Waals surface area contributed by atoms with Crippen LogP contribution in [0.4, 0.5) is 0 Å². The van der Waals surface area contributed by atoms with Crippen molar-refractivity contribution in [2.45, 2.75) is 10.4 Å². The number of benzene rings is 1. The van der Waals surface area contributed by atoms with Crippen molar-refractivity contribution in [2.24, 2.45) is 0 Å². The van der Waals surface area contributed by atoms with E-state index in [1.165, 1.54) is 24.3 Å². The quantitative estimate of drug-likeness (QED) is 0.452. The van der Waals surface area contributed by atoms with Crippen LogP contribution in [-0.2, 0) is 19.6 Å². The Bertz CT molecular complexity index is 627.